The van der Waals surface area contributed by atoms with Crippen LogP contribution in [0, 0.1) is 25.2 Å². The van der Waals surface area contributed by atoms with Crippen LogP contribution >= 0.6 is 0 Å². The van der Waals surface area contributed by atoms with Crippen LogP contribution < -0.4 is 10.6 Å². The van der Waals surface area contributed by atoms with E-state index in [1.807, 2.05) is 6.92 Å². The molecule has 1 aliphatic rings. The summed E-state index contributed by atoms with van der Waals surface area (Å²) in [5.41, 5.74) is 5.43. The molecule has 1 fully saturated rings. The molecule has 2 aromatic carbocycles. The molecule has 188 valence electrons. The second-order valence-electron chi connectivity index (χ2n) is 11.0. The quantitative estimate of drug-likeness (QED) is 0.429. The van der Waals surface area contributed by atoms with Crippen molar-refractivity contribution >= 4 is 22.6 Å². The van der Waals surface area contributed by atoms with Crippen LogP contribution in [0.15, 0.2) is 48.5 Å². The van der Waals surface area contributed by atoms with E-state index in [-0.39, 0.29) is 29.5 Å². The van der Waals surface area contributed by atoms with Gasteiger partial charge < -0.3 is 15.4 Å². The van der Waals surface area contributed by atoms with Crippen molar-refractivity contribution in [2.45, 2.75) is 71.6 Å². The number of ether oxygens (including phenoxy) is 1. The fraction of sp³-hybridized carbons (Fsp3) is 0.419. The fourth-order valence-electron chi connectivity index (χ4n) is 4.71. The van der Waals surface area contributed by atoms with Crippen LogP contribution in [0.5, 0.6) is 0 Å². The van der Waals surface area contributed by atoms with Crippen LogP contribution in [0.25, 0.3) is 22.0 Å². The van der Waals surface area contributed by atoms with Gasteiger partial charge in [0.05, 0.1) is 12.1 Å². The molecule has 0 saturated carbocycles. The van der Waals surface area contributed by atoms with E-state index in [9.17, 15) is 4.79 Å². The van der Waals surface area contributed by atoms with Gasteiger partial charge in [0.25, 0.3) is 0 Å². The molecule has 5 nitrogen and oxygen atoms in total. The molecule has 36 heavy (non-hydrogen) atoms. The molecule has 3 atom stereocenters. The summed E-state index contributed by atoms with van der Waals surface area (Å²) in [4.78, 5) is 18.1. The summed E-state index contributed by atoms with van der Waals surface area (Å²) in [6.45, 7) is 11.0. The van der Waals surface area contributed by atoms with E-state index in [4.69, 9.17) is 16.1 Å². The zero-order valence-corrected chi connectivity index (χ0v) is 22.0. The van der Waals surface area contributed by atoms with Gasteiger partial charge in [-0.1, -0.05) is 43.2 Å². The smallest absolute Gasteiger partial charge is 0.223 e. The summed E-state index contributed by atoms with van der Waals surface area (Å²) in [5.74, 6) is 3.31. The number of hydrogen-bond acceptors (Lipinski definition) is 4. The Morgan fingerprint density at radius 2 is 2.00 bits per heavy atom. The number of pyridine rings is 1. The highest BCUT2D eigenvalue weighted by molar-refractivity contribution is 5.87. The van der Waals surface area contributed by atoms with Gasteiger partial charge in [0.1, 0.15) is 11.9 Å². The van der Waals surface area contributed by atoms with Crippen LogP contribution in [0.1, 0.15) is 51.7 Å². The number of fused-ring (bicyclic) bond motifs is 1. The van der Waals surface area contributed by atoms with Crippen molar-refractivity contribution in [1.82, 2.24) is 10.3 Å². The molecule has 0 radical (unpaired) electrons. The SMILES string of the molecule is C#CC1CC(NC(=O)C(C)Cc2cc3cc(-c4ccccc4C)ccc3nc2NC(C)(C)C)CCO1. The van der Waals surface area contributed by atoms with E-state index in [0.29, 0.717) is 19.4 Å². The third-order valence-corrected chi connectivity index (χ3v) is 6.63. The van der Waals surface area contributed by atoms with Gasteiger partial charge in [0, 0.05) is 29.3 Å². The van der Waals surface area contributed by atoms with Crippen molar-refractivity contribution < 1.29 is 9.53 Å². The highest BCUT2D eigenvalue weighted by atomic mass is 16.5. The highest BCUT2D eigenvalue weighted by Crippen LogP contribution is 2.30. The number of nitrogens with one attached hydrogen (secondary N) is 2. The maximum atomic E-state index is 13.1. The lowest BCUT2D eigenvalue weighted by Crippen LogP contribution is -2.44. The molecular weight excluding hydrogens is 446 g/mol. The molecule has 3 aromatic rings. The topological polar surface area (TPSA) is 63.2 Å². The first-order chi connectivity index (χ1) is 17.1. The molecule has 2 heterocycles. The normalized spacial score (nSPS) is 18.9. The molecule has 5 heteroatoms. The lowest BCUT2D eigenvalue weighted by molar-refractivity contribution is -0.126. The van der Waals surface area contributed by atoms with Gasteiger partial charge in [-0.3, -0.25) is 4.79 Å². The van der Waals surface area contributed by atoms with Gasteiger partial charge in [-0.2, -0.15) is 0 Å². The third-order valence-electron chi connectivity index (χ3n) is 6.63. The van der Waals surface area contributed by atoms with E-state index in [1.165, 1.54) is 16.7 Å². The van der Waals surface area contributed by atoms with Crippen LogP contribution in [-0.4, -0.2) is 35.2 Å². The summed E-state index contributed by atoms with van der Waals surface area (Å²) in [7, 11) is 0. The van der Waals surface area contributed by atoms with Crippen molar-refractivity contribution in [2.24, 2.45) is 5.92 Å². The highest BCUT2D eigenvalue weighted by Gasteiger charge is 2.25. The summed E-state index contributed by atoms with van der Waals surface area (Å²) in [6.07, 6.45) is 7.33. The molecule has 0 bridgehead atoms. The van der Waals surface area contributed by atoms with Crippen LogP contribution in [0.4, 0.5) is 5.82 Å². The predicted molar refractivity (Wildman–Crippen MR) is 148 cm³/mol. The molecule has 4 rings (SSSR count). The largest absolute Gasteiger partial charge is 0.365 e. The molecular formula is C31H37N3O2. The Hall–Kier alpha value is -3.36. The standard InChI is InChI=1S/C31H37N3O2/c1-7-26-19-25(14-15-36-26)32-30(35)21(3)16-24-18-23-17-22(27-11-9-8-10-20(27)2)12-13-28(23)33-29(24)34-31(4,5)6/h1,8-13,17-18,21,25-26H,14-16,19H2,2-6H3,(H,32,35)(H,33,34). The van der Waals surface area contributed by atoms with E-state index >= 15 is 0 Å². The number of hydrogen-bond donors (Lipinski definition) is 2. The molecule has 3 unspecified atom stereocenters. The summed E-state index contributed by atoms with van der Waals surface area (Å²) >= 11 is 0. The molecule has 0 aliphatic carbocycles. The molecule has 2 N–H and O–H groups in total. The lowest BCUT2D eigenvalue weighted by atomic mass is 9.95. The van der Waals surface area contributed by atoms with Crippen molar-refractivity contribution in [3.8, 4) is 23.5 Å². The number of carbonyl (C=O) groups excluding carboxylic acids is 1. The maximum absolute atomic E-state index is 13.1. The van der Waals surface area contributed by atoms with Crippen molar-refractivity contribution in [3.63, 3.8) is 0 Å². The van der Waals surface area contributed by atoms with Gasteiger partial charge >= 0.3 is 0 Å². The molecule has 1 amide bonds. The number of aromatic nitrogens is 1. The van der Waals surface area contributed by atoms with Gasteiger partial charge in [-0.15, -0.1) is 6.42 Å². The number of aryl methyl sites for hydroxylation is 1. The first-order valence-electron chi connectivity index (χ1n) is 12.8. The molecule has 1 aromatic heterocycles. The Balaban J connectivity index is 1.62. The average Bonchev–Trinajstić information content (AvgIpc) is 2.83. The summed E-state index contributed by atoms with van der Waals surface area (Å²) in [5, 5.41) is 7.81. The van der Waals surface area contributed by atoms with Crippen molar-refractivity contribution in [3.05, 3.63) is 59.7 Å². The number of anilines is 1. The second-order valence-corrected chi connectivity index (χ2v) is 11.0. The number of rotatable bonds is 6. The number of carbonyl (C=O) groups is 1. The van der Waals surface area contributed by atoms with E-state index in [0.717, 1.165) is 28.7 Å². The Morgan fingerprint density at radius 1 is 1.22 bits per heavy atom. The van der Waals surface area contributed by atoms with Gasteiger partial charge in [0.15, 0.2) is 0 Å². The van der Waals surface area contributed by atoms with Gasteiger partial charge in [-0.05, 0) is 81.0 Å². The zero-order valence-electron chi connectivity index (χ0n) is 22.0. The Labute approximate surface area is 215 Å². The number of nitrogens with zero attached hydrogens (tertiary/aromatic N) is 1. The van der Waals surface area contributed by atoms with Crippen molar-refractivity contribution in [2.75, 3.05) is 11.9 Å². The predicted octanol–water partition coefficient (Wildman–Crippen LogP) is 5.90. The average molecular weight is 484 g/mol. The molecule has 1 aliphatic heterocycles. The van der Waals surface area contributed by atoms with E-state index in [1.54, 1.807) is 0 Å². The van der Waals surface area contributed by atoms with E-state index in [2.05, 4.69) is 92.8 Å². The van der Waals surface area contributed by atoms with Crippen LogP contribution in [-0.2, 0) is 16.0 Å². The Kier molecular flexibility index (Phi) is 7.66. The fourth-order valence-corrected chi connectivity index (χ4v) is 4.71. The summed E-state index contributed by atoms with van der Waals surface area (Å²) in [6, 6.07) is 17.0. The molecule has 1 saturated heterocycles. The minimum Gasteiger partial charge on any atom is -0.365 e. The second kappa shape index (κ2) is 10.7. The zero-order chi connectivity index (χ0) is 25.9. The van der Waals surface area contributed by atoms with Crippen LogP contribution in [0.3, 0.4) is 0 Å². The minimum absolute atomic E-state index is 0.0353. The summed E-state index contributed by atoms with van der Waals surface area (Å²) < 4.78 is 5.54. The first kappa shape index (κ1) is 25.7. The number of terminal acetylenes is 1. The van der Waals surface area contributed by atoms with Gasteiger partial charge in [0.2, 0.25) is 5.91 Å². The van der Waals surface area contributed by atoms with Crippen LogP contribution in [0.2, 0.25) is 0 Å². The third kappa shape index (κ3) is 6.25. The monoisotopic (exact) mass is 483 g/mol. The first-order valence-corrected chi connectivity index (χ1v) is 12.8. The number of benzene rings is 2. The van der Waals surface area contributed by atoms with Gasteiger partial charge in [-0.25, -0.2) is 4.98 Å². The lowest BCUT2D eigenvalue weighted by Gasteiger charge is -2.28. The van der Waals surface area contributed by atoms with Crippen molar-refractivity contribution in [1.29, 1.82) is 0 Å². The minimum atomic E-state index is -0.228. The molecule has 0 spiro atoms. The van der Waals surface area contributed by atoms with E-state index < -0.39 is 0 Å². The Bertz CT molecular complexity index is 1290. The Morgan fingerprint density at radius 3 is 2.72 bits per heavy atom. The number of amides is 1. The maximum Gasteiger partial charge on any atom is 0.223 e.